The highest BCUT2D eigenvalue weighted by Gasteiger charge is 2.32. The SMILES string of the molecule is C[C@H](C(N)=O)C1=N[C@H](N[C@H](Cc2ccc(Cl)cc2)C(=O)N2CCN(c3ccccc3NS(C)(=O)=O)CC2)NC1. The molecule has 0 bridgehead atoms. The molecular formula is C26H34ClN7O4S. The van der Waals surface area contributed by atoms with E-state index in [-0.39, 0.29) is 5.91 Å². The van der Waals surface area contributed by atoms with Gasteiger partial charge in [0.1, 0.15) is 0 Å². The predicted octanol–water partition coefficient (Wildman–Crippen LogP) is 1.01. The molecule has 5 N–H and O–H groups in total. The van der Waals surface area contributed by atoms with Gasteiger partial charge in [-0.15, -0.1) is 0 Å². The third-order valence-electron chi connectivity index (χ3n) is 6.84. The molecule has 2 heterocycles. The molecule has 0 saturated carbocycles. The summed E-state index contributed by atoms with van der Waals surface area (Å²) < 4.78 is 26.2. The van der Waals surface area contributed by atoms with Crippen LogP contribution in [0.1, 0.15) is 12.5 Å². The largest absolute Gasteiger partial charge is 0.369 e. The minimum Gasteiger partial charge on any atom is -0.369 e. The van der Waals surface area contributed by atoms with Crippen LogP contribution in [0.3, 0.4) is 0 Å². The number of carbonyl (C=O) groups is 2. The molecule has 0 spiro atoms. The normalized spacial score (nSPS) is 19.4. The van der Waals surface area contributed by atoms with E-state index in [1.165, 1.54) is 0 Å². The number of nitrogens with one attached hydrogen (secondary N) is 3. The van der Waals surface area contributed by atoms with Gasteiger partial charge in [0.25, 0.3) is 0 Å². The Balaban J connectivity index is 1.46. The first kappa shape index (κ1) is 28.8. The zero-order chi connectivity index (χ0) is 28.2. The maximum Gasteiger partial charge on any atom is 0.240 e. The number of para-hydroxylation sites is 2. The van der Waals surface area contributed by atoms with Crippen molar-refractivity contribution in [2.24, 2.45) is 16.6 Å². The summed E-state index contributed by atoms with van der Waals surface area (Å²) in [6.07, 6.45) is 1.01. The van der Waals surface area contributed by atoms with Crippen molar-refractivity contribution in [2.45, 2.75) is 25.7 Å². The first-order chi connectivity index (χ1) is 18.5. The number of hydrogen-bond donors (Lipinski definition) is 4. The number of halogens is 1. The third-order valence-corrected chi connectivity index (χ3v) is 7.68. The topological polar surface area (TPSA) is 149 Å². The van der Waals surface area contributed by atoms with E-state index in [0.29, 0.717) is 55.6 Å². The summed E-state index contributed by atoms with van der Waals surface area (Å²) in [7, 11) is -3.43. The molecule has 2 aromatic rings. The Labute approximate surface area is 233 Å². The summed E-state index contributed by atoms with van der Waals surface area (Å²) in [5, 5.41) is 7.13. The smallest absolute Gasteiger partial charge is 0.240 e. The number of rotatable bonds is 10. The maximum atomic E-state index is 13.8. The molecule has 0 radical (unpaired) electrons. The summed E-state index contributed by atoms with van der Waals surface area (Å²) in [6, 6.07) is 14.0. The van der Waals surface area contributed by atoms with E-state index in [0.717, 1.165) is 17.5 Å². The van der Waals surface area contributed by atoms with E-state index in [2.05, 4.69) is 25.2 Å². The second-order valence-electron chi connectivity index (χ2n) is 9.78. The number of benzene rings is 2. The molecule has 2 aliphatic heterocycles. The van der Waals surface area contributed by atoms with Crippen LogP contribution < -0.4 is 26.0 Å². The van der Waals surface area contributed by atoms with Crippen LogP contribution in [0.2, 0.25) is 5.02 Å². The van der Waals surface area contributed by atoms with Gasteiger partial charge in [0.2, 0.25) is 21.8 Å². The first-order valence-electron chi connectivity index (χ1n) is 12.7. The molecule has 0 aliphatic carbocycles. The van der Waals surface area contributed by atoms with E-state index in [9.17, 15) is 18.0 Å². The quantitative estimate of drug-likeness (QED) is 0.330. The molecule has 39 heavy (non-hydrogen) atoms. The van der Waals surface area contributed by atoms with E-state index < -0.39 is 34.2 Å². The second kappa shape index (κ2) is 12.3. The third kappa shape index (κ3) is 7.69. The van der Waals surface area contributed by atoms with Crippen LogP contribution in [0, 0.1) is 5.92 Å². The Hall–Kier alpha value is -3.19. The Kier molecular flexibility index (Phi) is 9.11. The summed E-state index contributed by atoms with van der Waals surface area (Å²) in [4.78, 5) is 33.8. The van der Waals surface area contributed by atoms with Gasteiger partial charge in [0.15, 0.2) is 6.29 Å². The van der Waals surface area contributed by atoms with Crippen LogP contribution >= 0.6 is 11.6 Å². The Morgan fingerprint density at radius 3 is 2.44 bits per heavy atom. The molecule has 0 aromatic heterocycles. The van der Waals surface area contributed by atoms with Crippen LogP contribution in [0.4, 0.5) is 11.4 Å². The second-order valence-corrected chi connectivity index (χ2v) is 12.0. The fraction of sp³-hybridized carbons (Fsp3) is 0.423. The number of piperazine rings is 1. The van der Waals surface area contributed by atoms with Crippen LogP contribution in [-0.4, -0.2) is 82.2 Å². The average Bonchev–Trinajstić information content (AvgIpc) is 3.36. The molecule has 1 fully saturated rings. The van der Waals surface area contributed by atoms with Gasteiger partial charge in [-0.05, 0) is 43.2 Å². The molecule has 0 unspecified atom stereocenters. The summed E-state index contributed by atoms with van der Waals surface area (Å²) in [6.45, 7) is 4.14. The maximum absolute atomic E-state index is 13.8. The Bertz CT molecular complexity index is 1330. The first-order valence-corrected chi connectivity index (χ1v) is 15.0. The van der Waals surface area contributed by atoms with E-state index in [1.807, 2.05) is 29.2 Å². The van der Waals surface area contributed by atoms with Crippen LogP contribution in [-0.2, 0) is 26.0 Å². The fourth-order valence-electron chi connectivity index (χ4n) is 4.67. The van der Waals surface area contributed by atoms with Gasteiger partial charge in [-0.3, -0.25) is 29.9 Å². The molecule has 2 amide bonds. The highest BCUT2D eigenvalue weighted by Crippen LogP contribution is 2.27. The summed E-state index contributed by atoms with van der Waals surface area (Å²) in [5.41, 5.74) is 8.30. The number of aliphatic imine (C=N–C) groups is 1. The van der Waals surface area contributed by atoms with Crippen molar-refractivity contribution in [1.29, 1.82) is 0 Å². The molecule has 4 rings (SSSR count). The fourth-order valence-corrected chi connectivity index (χ4v) is 5.37. The minimum atomic E-state index is -3.43. The summed E-state index contributed by atoms with van der Waals surface area (Å²) >= 11 is 6.05. The molecule has 1 saturated heterocycles. The molecule has 2 aliphatic rings. The average molecular weight is 576 g/mol. The van der Waals surface area contributed by atoms with Crippen LogP contribution in [0.5, 0.6) is 0 Å². The van der Waals surface area contributed by atoms with Crippen LogP contribution in [0.15, 0.2) is 53.5 Å². The molecule has 3 atom stereocenters. The Morgan fingerprint density at radius 1 is 1.13 bits per heavy atom. The number of amides is 2. The number of carbonyl (C=O) groups excluding carboxylic acids is 2. The number of anilines is 2. The highest BCUT2D eigenvalue weighted by molar-refractivity contribution is 7.92. The lowest BCUT2D eigenvalue weighted by Gasteiger charge is -2.38. The van der Waals surface area contributed by atoms with Crippen molar-refractivity contribution in [1.82, 2.24) is 15.5 Å². The van der Waals surface area contributed by atoms with Gasteiger partial charge >= 0.3 is 0 Å². The summed E-state index contributed by atoms with van der Waals surface area (Å²) in [5.74, 6) is -1.01. The minimum absolute atomic E-state index is 0.0689. The lowest BCUT2D eigenvalue weighted by atomic mass is 10.0. The highest BCUT2D eigenvalue weighted by atomic mass is 35.5. The Morgan fingerprint density at radius 2 is 1.79 bits per heavy atom. The van der Waals surface area contributed by atoms with Crippen molar-refractivity contribution in [3.63, 3.8) is 0 Å². The van der Waals surface area contributed by atoms with Gasteiger partial charge < -0.3 is 15.5 Å². The lowest BCUT2D eigenvalue weighted by Crippen LogP contribution is -2.57. The lowest BCUT2D eigenvalue weighted by molar-refractivity contribution is -0.134. The number of hydrogen-bond acceptors (Lipinski definition) is 8. The number of sulfonamides is 1. The standard InChI is InChI=1S/C26H34ClN7O4S/c1-17(24(28)35)22-16-29-26(31-22)30-21(15-18-7-9-19(27)10-8-18)25(36)34-13-11-33(12-14-34)23-6-4-3-5-20(23)32-39(2,37)38/h3-10,17,21,26,29-30,32H,11-16H2,1-2H3,(H2,28,35)/t17-,21+,26-/m0/s1. The molecular weight excluding hydrogens is 542 g/mol. The van der Waals surface area contributed by atoms with Crippen molar-refractivity contribution < 1.29 is 18.0 Å². The number of nitrogens with zero attached hydrogens (tertiary/aromatic N) is 3. The number of nitrogens with two attached hydrogens (primary N) is 1. The van der Waals surface area contributed by atoms with Crippen molar-refractivity contribution in [3.8, 4) is 0 Å². The monoisotopic (exact) mass is 575 g/mol. The van der Waals surface area contributed by atoms with Crippen molar-refractivity contribution in [3.05, 3.63) is 59.1 Å². The van der Waals surface area contributed by atoms with E-state index in [1.54, 1.807) is 31.2 Å². The van der Waals surface area contributed by atoms with Crippen molar-refractivity contribution >= 4 is 50.5 Å². The molecule has 2 aromatic carbocycles. The molecule has 210 valence electrons. The number of primary amides is 1. The van der Waals surface area contributed by atoms with E-state index >= 15 is 0 Å². The van der Waals surface area contributed by atoms with Gasteiger partial charge in [-0.1, -0.05) is 35.9 Å². The van der Waals surface area contributed by atoms with Gasteiger partial charge in [0, 0.05) is 43.5 Å². The van der Waals surface area contributed by atoms with Gasteiger partial charge in [-0.2, -0.15) is 0 Å². The molecule has 11 nitrogen and oxygen atoms in total. The van der Waals surface area contributed by atoms with Gasteiger partial charge in [-0.25, -0.2) is 8.42 Å². The van der Waals surface area contributed by atoms with Crippen LogP contribution in [0.25, 0.3) is 0 Å². The van der Waals surface area contributed by atoms with E-state index in [4.69, 9.17) is 17.3 Å². The zero-order valence-electron chi connectivity index (χ0n) is 21.9. The van der Waals surface area contributed by atoms with Gasteiger partial charge in [0.05, 0.1) is 29.6 Å². The molecule has 13 heteroatoms. The predicted molar refractivity (Wildman–Crippen MR) is 153 cm³/mol. The van der Waals surface area contributed by atoms with Crippen molar-refractivity contribution in [2.75, 3.05) is 48.6 Å². The zero-order valence-corrected chi connectivity index (χ0v) is 23.5.